The van der Waals surface area contributed by atoms with Crippen molar-refractivity contribution in [3.05, 3.63) is 60.9 Å². The van der Waals surface area contributed by atoms with Gasteiger partial charge < -0.3 is 0 Å². The van der Waals surface area contributed by atoms with Crippen molar-refractivity contribution in [3.8, 4) is 22.8 Å². The summed E-state index contributed by atoms with van der Waals surface area (Å²) in [6.07, 6.45) is 3.82. The lowest BCUT2D eigenvalue weighted by Crippen LogP contribution is -1.92. The Bertz CT molecular complexity index is 938. The maximum atomic E-state index is 4.69. The van der Waals surface area contributed by atoms with Crippen LogP contribution < -0.4 is 0 Å². The van der Waals surface area contributed by atoms with Crippen LogP contribution in [0, 0.1) is 0 Å². The number of rotatable bonds is 4. The van der Waals surface area contributed by atoms with E-state index in [1.54, 1.807) is 9.36 Å². The van der Waals surface area contributed by atoms with Gasteiger partial charge in [0.25, 0.3) is 0 Å². The summed E-state index contributed by atoms with van der Waals surface area (Å²) in [5.41, 5.74) is 3.43. The van der Waals surface area contributed by atoms with Gasteiger partial charge in [0.05, 0.1) is 11.4 Å². The van der Waals surface area contributed by atoms with Gasteiger partial charge in [-0.15, -0.1) is 0 Å². The van der Waals surface area contributed by atoms with E-state index in [0.29, 0.717) is 0 Å². The van der Waals surface area contributed by atoms with Crippen LogP contribution in [-0.2, 0) is 14.1 Å². The number of aryl methyl sites for hydroxylation is 2. The third kappa shape index (κ3) is 3.46. The highest BCUT2D eigenvalue weighted by molar-refractivity contribution is 7.99. The molecule has 0 aliphatic heterocycles. The van der Waals surface area contributed by atoms with Gasteiger partial charge in [-0.05, 0) is 36.4 Å². The molecule has 0 saturated heterocycles. The molecule has 0 atom stereocenters. The van der Waals surface area contributed by atoms with Crippen molar-refractivity contribution in [1.29, 1.82) is 0 Å². The fraction of sp³-hybridized carbons (Fsp3) is 0.111. The van der Waals surface area contributed by atoms with Gasteiger partial charge in [-0.3, -0.25) is 9.36 Å². The summed E-state index contributed by atoms with van der Waals surface area (Å²) in [7, 11) is 3.80. The average Bonchev–Trinajstić information content (AvgIpc) is 3.24. The third-order valence-electron chi connectivity index (χ3n) is 3.61. The highest BCUT2D eigenvalue weighted by Crippen LogP contribution is 2.28. The van der Waals surface area contributed by atoms with E-state index in [0.717, 1.165) is 32.8 Å². The molecule has 6 nitrogen and oxygen atoms in total. The van der Waals surface area contributed by atoms with Crippen LogP contribution in [0.3, 0.4) is 0 Å². The second kappa shape index (κ2) is 6.52. The van der Waals surface area contributed by atoms with Crippen molar-refractivity contribution in [2.75, 3.05) is 0 Å². The molecule has 0 N–H and O–H groups in total. The Balaban J connectivity index is 1.60. The topological polar surface area (TPSA) is 61.4 Å². The smallest absolute Gasteiger partial charge is 0.111 e. The van der Waals surface area contributed by atoms with E-state index in [9.17, 15) is 0 Å². The van der Waals surface area contributed by atoms with Gasteiger partial charge in [-0.2, -0.15) is 10.2 Å². The second-order valence-corrected chi connectivity index (χ2v) is 6.61. The Morgan fingerprint density at radius 1 is 0.640 bits per heavy atom. The first-order chi connectivity index (χ1) is 12.2. The minimum atomic E-state index is 0.853. The normalized spacial score (nSPS) is 11.0. The van der Waals surface area contributed by atoms with E-state index in [1.165, 1.54) is 11.8 Å². The fourth-order valence-corrected chi connectivity index (χ4v) is 3.23. The Kier molecular flexibility index (Phi) is 4.07. The molecule has 0 spiro atoms. The molecule has 4 aromatic rings. The van der Waals surface area contributed by atoms with Crippen molar-refractivity contribution in [2.45, 2.75) is 10.1 Å². The molecule has 4 aromatic heterocycles. The molecule has 0 aliphatic carbocycles. The summed E-state index contributed by atoms with van der Waals surface area (Å²) in [5, 5.41) is 10.6. The molecular weight excluding hydrogens is 332 g/mol. The Hall–Kier alpha value is -2.93. The first-order valence-corrected chi connectivity index (χ1v) is 8.61. The van der Waals surface area contributed by atoms with Crippen molar-refractivity contribution in [2.24, 2.45) is 14.1 Å². The Morgan fingerprint density at radius 3 is 1.52 bits per heavy atom. The molecule has 4 rings (SSSR count). The summed E-state index contributed by atoms with van der Waals surface area (Å²) in [4.78, 5) is 9.37. The number of pyridine rings is 2. The summed E-state index contributed by atoms with van der Waals surface area (Å²) in [6, 6.07) is 15.8. The summed E-state index contributed by atoms with van der Waals surface area (Å²) in [5.74, 6) is 0. The SMILES string of the molecule is Cn1ccc(-c2cccc(Sc3cccc(-c4ccn(C)n4)n3)n2)n1. The van der Waals surface area contributed by atoms with Gasteiger partial charge >= 0.3 is 0 Å². The molecule has 0 aromatic carbocycles. The van der Waals surface area contributed by atoms with E-state index in [2.05, 4.69) is 20.2 Å². The quantitative estimate of drug-likeness (QED) is 0.565. The van der Waals surface area contributed by atoms with Crippen molar-refractivity contribution in [3.63, 3.8) is 0 Å². The predicted molar refractivity (Wildman–Crippen MR) is 97.0 cm³/mol. The third-order valence-corrected chi connectivity index (χ3v) is 4.48. The molecule has 0 bridgehead atoms. The van der Waals surface area contributed by atoms with Gasteiger partial charge in [0.1, 0.15) is 21.4 Å². The lowest BCUT2D eigenvalue weighted by atomic mass is 10.3. The van der Waals surface area contributed by atoms with Gasteiger partial charge in [-0.25, -0.2) is 9.97 Å². The maximum Gasteiger partial charge on any atom is 0.111 e. The van der Waals surface area contributed by atoms with Crippen LogP contribution in [0.5, 0.6) is 0 Å². The van der Waals surface area contributed by atoms with E-state index in [4.69, 9.17) is 0 Å². The van der Waals surface area contributed by atoms with Gasteiger partial charge in [0.2, 0.25) is 0 Å². The van der Waals surface area contributed by atoms with Crippen LogP contribution >= 0.6 is 11.8 Å². The largest absolute Gasteiger partial charge is 0.275 e. The first kappa shape index (κ1) is 15.6. The van der Waals surface area contributed by atoms with Crippen molar-refractivity contribution < 1.29 is 0 Å². The van der Waals surface area contributed by atoms with Crippen LogP contribution in [-0.4, -0.2) is 29.5 Å². The van der Waals surface area contributed by atoms with E-state index in [-0.39, 0.29) is 0 Å². The highest BCUT2D eigenvalue weighted by atomic mass is 32.2. The van der Waals surface area contributed by atoms with Crippen molar-refractivity contribution >= 4 is 11.8 Å². The summed E-state index contributed by atoms with van der Waals surface area (Å²) in [6.45, 7) is 0. The van der Waals surface area contributed by atoms with Crippen molar-refractivity contribution in [1.82, 2.24) is 29.5 Å². The molecule has 7 heteroatoms. The molecule has 0 fully saturated rings. The van der Waals surface area contributed by atoms with Crippen LogP contribution in [0.1, 0.15) is 0 Å². The second-order valence-electron chi connectivity index (χ2n) is 5.57. The number of hydrogen-bond acceptors (Lipinski definition) is 5. The molecule has 25 heavy (non-hydrogen) atoms. The maximum absolute atomic E-state index is 4.69. The predicted octanol–water partition coefficient (Wildman–Crippen LogP) is 3.43. The molecule has 0 aliphatic rings. The molecule has 0 amide bonds. The monoisotopic (exact) mass is 348 g/mol. The van der Waals surface area contributed by atoms with E-state index in [1.807, 2.05) is 75.0 Å². The number of hydrogen-bond donors (Lipinski definition) is 0. The standard InChI is InChI=1S/C18H16N6S/c1-23-11-9-15(21-23)13-5-3-7-17(19-13)25-18-8-4-6-14(20-18)16-10-12-24(2)22-16/h3-12H,1-2H3. The lowest BCUT2D eigenvalue weighted by Gasteiger charge is -2.04. The van der Waals surface area contributed by atoms with Crippen LogP contribution in [0.25, 0.3) is 22.8 Å². The van der Waals surface area contributed by atoms with Crippen LogP contribution in [0.15, 0.2) is 71.0 Å². The molecule has 4 heterocycles. The molecule has 124 valence electrons. The van der Waals surface area contributed by atoms with Gasteiger partial charge in [0.15, 0.2) is 0 Å². The lowest BCUT2D eigenvalue weighted by molar-refractivity contribution is 0.769. The van der Waals surface area contributed by atoms with Crippen LogP contribution in [0.4, 0.5) is 0 Å². The highest BCUT2D eigenvalue weighted by Gasteiger charge is 2.08. The number of nitrogens with zero attached hydrogens (tertiary/aromatic N) is 6. The molecule has 0 saturated carbocycles. The Morgan fingerprint density at radius 2 is 1.12 bits per heavy atom. The minimum absolute atomic E-state index is 0.853. The average molecular weight is 348 g/mol. The van der Waals surface area contributed by atoms with Gasteiger partial charge in [0, 0.05) is 26.5 Å². The molecule has 0 radical (unpaired) electrons. The molecular formula is C18H16N6S. The van der Waals surface area contributed by atoms with E-state index < -0.39 is 0 Å². The van der Waals surface area contributed by atoms with Crippen LogP contribution in [0.2, 0.25) is 0 Å². The van der Waals surface area contributed by atoms with E-state index >= 15 is 0 Å². The number of aromatic nitrogens is 6. The zero-order valence-electron chi connectivity index (χ0n) is 13.9. The summed E-state index contributed by atoms with van der Waals surface area (Å²) < 4.78 is 3.55. The fourth-order valence-electron chi connectivity index (χ4n) is 2.44. The Labute approximate surface area is 149 Å². The zero-order valence-corrected chi connectivity index (χ0v) is 14.7. The molecule has 0 unspecified atom stereocenters. The summed E-state index contributed by atoms with van der Waals surface area (Å²) >= 11 is 1.53. The zero-order chi connectivity index (χ0) is 17.2. The first-order valence-electron chi connectivity index (χ1n) is 7.79. The van der Waals surface area contributed by atoms with Gasteiger partial charge in [-0.1, -0.05) is 23.9 Å². The minimum Gasteiger partial charge on any atom is -0.275 e.